The van der Waals surface area contributed by atoms with E-state index in [1.165, 1.54) is 0 Å². The summed E-state index contributed by atoms with van der Waals surface area (Å²) in [5.74, 6) is -1.87. The fraction of sp³-hybridized carbons (Fsp3) is 0.316. The first-order valence-corrected chi connectivity index (χ1v) is 7.63. The van der Waals surface area contributed by atoms with Crippen molar-refractivity contribution in [3.05, 3.63) is 48.0 Å². The number of carboxylic acid groups (broad SMARTS) is 1. The molecule has 2 aromatic rings. The third-order valence-corrected chi connectivity index (χ3v) is 3.11. The van der Waals surface area contributed by atoms with Gasteiger partial charge in [-0.1, -0.05) is 43.3 Å². The highest BCUT2D eigenvalue weighted by atomic mass is 16.6. The second-order valence-corrected chi connectivity index (χ2v) is 6.20. The number of hydrogen-bond acceptors (Lipinski definition) is 4. The van der Waals surface area contributed by atoms with Gasteiger partial charge in [-0.3, -0.25) is 9.59 Å². The number of fused-ring (bicyclic) bond motifs is 1. The first kappa shape index (κ1) is 19.4. The molecule has 0 amide bonds. The van der Waals surface area contributed by atoms with E-state index in [1.807, 2.05) is 30.3 Å². The van der Waals surface area contributed by atoms with E-state index in [1.54, 1.807) is 39.8 Å². The van der Waals surface area contributed by atoms with Gasteiger partial charge >= 0.3 is 17.9 Å². The second-order valence-electron chi connectivity index (χ2n) is 6.20. The number of carbonyl (C=O) groups excluding carboxylic acids is 2. The molecule has 0 unspecified atom stereocenters. The summed E-state index contributed by atoms with van der Waals surface area (Å²) in [5, 5.41) is 9.46. The number of rotatable bonds is 2. The van der Waals surface area contributed by atoms with Gasteiger partial charge in [0, 0.05) is 6.42 Å². The molecule has 24 heavy (non-hydrogen) atoms. The zero-order valence-corrected chi connectivity index (χ0v) is 14.3. The number of esters is 2. The van der Waals surface area contributed by atoms with E-state index in [0.29, 0.717) is 5.56 Å². The highest BCUT2D eigenvalue weighted by Crippen LogP contribution is 2.21. The molecule has 0 aromatic heterocycles. The number of aliphatic carboxylic acids is 1. The Bertz CT molecular complexity index is 736. The van der Waals surface area contributed by atoms with Crippen LogP contribution in [0.2, 0.25) is 0 Å². The van der Waals surface area contributed by atoms with Gasteiger partial charge in [-0.2, -0.15) is 0 Å². The van der Waals surface area contributed by atoms with Crippen molar-refractivity contribution in [2.45, 2.75) is 34.1 Å². The Balaban J connectivity index is 0.000000505. The van der Waals surface area contributed by atoms with Crippen molar-refractivity contribution in [3.63, 3.8) is 0 Å². The van der Waals surface area contributed by atoms with Crippen LogP contribution in [0.3, 0.4) is 0 Å². The van der Waals surface area contributed by atoms with Crippen molar-refractivity contribution in [3.8, 4) is 0 Å². The molecular formula is C19H22O5. The Kier molecular flexibility index (Phi) is 6.65. The van der Waals surface area contributed by atoms with Crippen molar-refractivity contribution in [2.24, 2.45) is 5.41 Å². The quantitative estimate of drug-likeness (QED) is 0.663. The van der Waals surface area contributed by atoms with Gasteiger partial charge in [0.05, 0.1) is 11.0 Å². The minimum Gasteiger partial charge on any atom is -0.481 e. The van der Waals surface area contributed by atoms with Gasteiger partial charge < -0.3 is 9.84 Å². The van der Waals surface area contributed by atoms with Crippen LogP contribution in [-0.2, 0) is 14.3 Å². The van der Waals surface area contributed by atoms with E-state index in [0.717, 1.165) is 10.8 Å². The third kappa shape index (κ3) is 5.50. The molecule has 2 rings (SSSR count). The zero-order chi connectivity index (χ0) is 18.3. The molecule has 0 aliphatic heterocycles. The van der Waals surface area contributed by atoms with Crippen molar-refractivity contribution in [1.82, 2.24) is 0 Å². The molecule has 0 atom stereocenters. The predicted octanol–water partition coefficient (Wildman–Crippen LogP) is 4.05. The van der Waals surface area contributed by atoms with E-state index in [-0.39, 0.29) is 6.42 Å². The molecule has 0 saturated carbocycles. The zero-order valence-electron chi connectivity index (χ0n) is 14.3. The maximum absolute atomic E-state index is 12.1. The summed E-state index contributed by atoms with van der Waals surface area (Å²) in [7, 11) is 0. The normalized spacial score (nSPS) is 10.5. The summed E-state index contributed by atoms with van der Waals surface area (Å²) in [6.07, 6.45) is 0.222. The molecule has 0 spiro atoms. The molecule has 1 N–H and O–H groups in total. The Hall–Kier alpha value is -2.69. The minimum atomic E-state index is -0.745. The maximum atomic E-state index is 12.1. The lowest BCUT2D eigenvalue weighted by Gasteiger charge is -2.15. The topological polar surface area (TPSA) is 80.7 Å². The highest BCUT2D eigenvalue weighted by Gasteiger charge is 2.26. The van der Waals surface area contributed by atoms with Crippen LogP contribution in [0, 0.1) is 5.41 Å². The van der Waals surface area contributed by atoms with Crippen LogP contribution >= 0.6 is 0 Å². The molecule has 0 bridgehead atoms. The Morgan fingerprint density at radius 3 is 2.08 bits per heavy atom. The Morgan fingerprint density at radius 1 is 1.00 bits per heavy atom. The van der Waals surface area contributed by atoms with Gasteiger partial charge in [-0.25, -0.2) is 4.79 Å². The van der Waals surface area contributed by atoms with Gasteiger partial charge in [-0.15, -0.1) is 0 Å². The summed E-state index contributed by atoms with van der Waals surface area (Å²) in [6.45, 7) is 6.74. The Morgan fingerprint density at radius 2 is 1.54 bits per heavy atom. The molecule has 0 saturated heterocycles. The van der Waals surface area contributed by atoms with Crippen LogP contribution in [0.4, 0.5) is 0 Å². The van der Waals surface area contributed by atoms with Crippen LogP contribution in [0.5, 0.6) is 0 Å². The Labute approximate surface area is 141 Å². The number of benzene rings is 2. The average molecular weight is 330 g/mol. The molecular weight excluding hydrogens is 308 g/mol. The average Bonchev–Trinajstić information content (AvgIpc) is 2.53. The molecule has 128 valence electrons. The number of ether oxygens (including phenoxy) is 1. The molecule has 5 heteroatoms. The number of carboxylic acids is 1. The van der Waals surface area contributed by atoms with E-state index in [2.05, 4.69) is 0 Å². The summed E-state index contributed by atoms with van der Waals surface area (Å²) < 4.78 is 4.93. The van der Waals surface area contributed by atoms with Gasteiger partial charge in [0.2, 0.25) is 0 Å². The van der Waals surface area contributed by atoms with E-state index in [9.17, 15) is 14.4 Å². The second kappa shape index (κ2) is 8.24. The van der Waals surface area contributed by atoms with Gasteiger partial charge in [0.15, 0.2) is 0 Å². The maximum Gasteiger partial charge on any atom is 0.346 e. The largest absolute Gasteiger partial charge is 0.481 e. The SMILES string of the molecule is CC(C)(C)C(=O)OC(=O)c1cccc2ccccc12.CCC(=O)O. The number of carbonyl (C=O) groups is 3. The molecule has 0 aliphatic carbocycles. The third-order valence-electron chi connectivity index (χ3n) is 3.11. The standard InChI is InChI=1S/C16H16O3.C3H6O2/c1-16(2,3)15(18)19-14(17)13-10-6-8-11-7-4-5-9-12(11)13;1-2-3(4)5/h4-10H,1-3H3;2H2,1H3,(H,4,5). The molecule has 5 nitrogen and oxygen atoms in total. The summed E-state index contributed by atoms with van der Waals surface area (Å²) in [4.78, 5) is 33.2. The van der Waals surface area contributed by atoms with E-state index in [4.69, 9.17) is 9.84 Å². The summed E-state index contributed by atoms with van der Waals surface area (Å²) >= 11 is 0. The molecule has 0 fully saturated rings. The van der Waals surface area contributed by atoms with Crippen LogP contribution in [0.15, 0.2) is 42.5 Å². The minimum absolute atomic E-state index is 0.222. The van der Waals surface area contributed by atoms with Gasteiger partial charge in [0.1, 0.15) is 0 Å². The lowest BCUT2D eigenvalue weighted by atomic mass is 9.97. The van der Waals surface area contributed by atoms with Crippen LogP contribution in [0.25, 0.3) is 10.8 Å². The fourth-order valence-corrected chi connectivity index (χ4v) is 1.70. The fourth-order valence-electron chi connectivity index (χ4n) is 1.70. The van der Waals surface area contributed by atoms with Crippen molar-refractivity contribution < 1.29 is 24.2 Å². The first-order valence-electron chi connectivity index (χ1n) is 7.63. The lowest BCUT2D eigenvalue weighted by Crippen LogP contribution is -2.25. The molecule has 0 aliphatic rings. The van der Waals surface area contributed by atoms with Crippen molar-refractivity contribution >= 4 is 28.7 Å². The predicted molar refractivity (Wildman–Crippen MR) is 91.8 cm³/mol. The lowest BCUT2D eigenvalue weighted by molar-refractivity contribution is -0.146. The van der Waals surface area contributed by atoms with Crippen LogP contribution in [0.1, 0.15) is 44.5 Å². The molecule has 0 heterocycles. The summed E-state index contributed by atoms with van der Waals surface area (Å²) in [6, 6.07) is 12.9. The van der Waals surface area contributed by atoms with E-state index < -0.39 is 23.3 Å². The first-order chi connectivity index (χ1) is 11.2. The van der Waals surface area contributed by atoms with Crippen LogP contribution < -0.4 is 0 Å². The van der Waals surface area contributed by atoms with Gasteiger partial charge in [-0.05, 0) is 37.6 Å². The van der Waals surface area contributed by atoms with Gasteiger partial charge in [0.25, 0.3) is 0 Å². The number of hydrogen-bond donors (Lipinski definition) is 1. The molecule has 0 radical (unpaired) electrons. The smallest absolute Gasteiger partial charge is 0.346 e. The van der Waals surface area contributed by atoms with Crippen LogP contribution in [-0.4, -0.2) is 23.0 Å². The van der Waals surface area contributed by atoms with Crippen molar-refractivity contribution in [2.75, 3.05) is 0 Å². The monoisotopic (exact) mass is 330 g/mol. The molecule has 2 aromatic carbocycles. The highest BCUT2D eigenvalue weighted by molar-refractivity contribution is 6.07. The van der Waals surface area contributed by atoms with Crippen molar-refractivity contribution in [1.29, 1.82) is 0 Å². The summed E-state index contributed by atoms with van der Waals surface area (Å²) in [5.41, 5.74) is -0.282. The van der Waals surface area contributed by atoms with E-state index >= 15 is 0 Å².